The molecule has 0 heterocycles. The van der Waals surface area contributed by atoms with Crippen LogP contribution in [0.5, 0.6) is 5.75 Å². The number of hydrogen-bond donors (Lipinski definition) is 1. The van der Waals surface area contributed by atoms with Crippen LogP contribution in [0.3, 0.4) is 0 Å². The zero-order valence-electron chi connectivity index (χ0n) is 12.9. The Labute approximate surface area is 137 Å². The molecule has 1 aromatic rings. The van der Waals surface area contributed by atoms with Gasteiger partial charge in [0.25, 0.3) is 0 Å². The lowest BCUT2D eigenvalue weighted by Gasteiger charge is -2.18. The Hall–Kier alpha value is -1.41. The van der Waals surface area contributed by atoms with Gasteiger partial charge in [0, 0.05) is 17.3 Å². The highest BCUT2D eigenvalue weighted by molar-refractivity contribution is 7.99. The molecule has 130 valence electrons. The minimum Gasteiger partial charge on any atom is -0.482 e. The molecule has 0 aliphatic carbocycles. The summed E-state index contributed by atoms with van der Waals surface area (Å²) < 4.78 is 47.6. The summed E-state index contributed by atoms with van der Waals surface area (Å²) in [4.78, 5) is 11.2. The van der Waals surface area contributed by atoms with Gasteiger partial charge in [-0.05, 0) is 37.6 Å². The average molecular weight is 352 g/mol. The van der Waals surface area contributed by atoms with Gasteiger partial charge in [0.05, 0.1) is 12.5 Å². The fraction of sp³-hybridized carbons (Fsp3) is 0.533. The molecule has 0 saturated carbocycles. The van der Waals surface area contributed by atoms with Crippen molar-refractivity contribution in [2.45, 2.75) is 37.4 Å². The maximum atomic E-state index is 12.5. The van der Waals surface area contributed by atoms with Crippen LogP contribution in [0, 0.1) is 6.92 Å². The SMILES string of the molecule is CCO[C@@H](CSc1ccc(OCC(=O)O)c(C)c1)CC(F)(F)F. The van der Waals surface area contributed by atoms with Gasteiger partial charge in [0.15, 0.2) is 6.61 Å². The minimum absolute atomic E-state index is 0.183. The van der Waals surface area contributed by atoms with Crippen molar-refractivity contribution < 1.29 is 32.5 Å². The predicted molar refractivity (Wildman–Crippen MR) is 81.1 cm³/mol. The van der Waals surface area contributed by atoms with Gasteiger partial charge in [-0.1, -0.05) is 0 Å². The number of rotatable bonds is 9. The Morgan fingerprint density at radius 2 is 2.09 bits per heavy atom. The maximum absolute atomic E-state index is 12.5. The Kier molecular flexibility index (Phi) is 7.70. The molecule has 0 aliphatic heterocycles. The van der Waals surface area contributed by atoms with E-state index >= 15 is 0 Å². The molecular weight excluding hydrogens is 333 g/mol. The Bertz CT molecular complexity index is 520. The number of carboxylic acid groups (broad SMARTS) is 1. The second-order valence-electron chi connectivity index (χ2n) is 4.82. The third kappa shape index (κ3) is 8.13. The molecule has 0 amide bonds. The highest BCUT2D eigenvalue weighted by atomic mass is 32.2. The number of aryl methyl sites for hydroxylation is 1. The van der Waals surface area contributed by atoms with E-state index < -0.39 is 31.3 Å². The molecule has 23 heavy (non-hydrogen) atoms. The van der Waals surface area contributed by atoms with Crippen LogP contribution in [0.15, 0.2) is 23.1 Å². The number of carboxylic acids is 1. The van der Waals surface area contributed by atoms with Gasteiger partial charge in [-0.25, -0.2) is 4.79 Å². The van der Waals surface area contributed by atoms with Crippen molar-refractivity contribution in [3.05, 3.63) is 23.8 Å². The molecule has 8 heteroatoms. The van der Waals surface area contributed by atoms with Crippen LogP contribution in [0.1, 0.15) is 18.9 Å². The predicted octanol–water partition coefficient (Wildman–Crippen LogP) is 3.91. The van der Waals surface area contributed by atoms with Crippen molar-refractivity contribution in [1.29, 1.82) is 0 Å². The first-order valence-electron chi connectivity index (χ1n) is 6.97. The summed E-state index contributed by atoms with van der Waals surface area (Å²) in [5, 5.41) is 8.57. The van der Waals surface area contributed by atoms with Crippen LogP contribution in [0.2, 0.25) is 0 Å². The van der Waals surface area contributed by atoms with Gasteiger partial charge < -0.3 is 14.6 Å². The summed E-state index contributed by atoms with van der Waals surface area (Å²) in [6, 6.07) is 5.05. The van der Waals surface area contributed by atoms with E-state index in [1.54, 1.807) is 32.0 Å². The number of benzene rings is 1. The van der Waals surface area contributed by atoms with E-state index in [1.165, 1.54) is 11.8 Å². The van der Waals surface area contributed by atoms with E-state index in [0.29, 0.717) is 5.75 Å². The van der Waals surface area contributed by atoms with Crippen LogP contribution >= 0.6 is 11.8 Å². The Morgan fingerprint density at radius 1 is 1.39 bits per heavy atom. The Morgan fingerprint density at radius 3 is 2.61 bits per heavy atom. The maximum Gasteiger partial charge on any atom is 0.391 e. The van der Waals surface area contributed by atoms with Crippen molar-refractivity contribution in [1.82, 2.24) is 0 Å². The molecule has 0 fully saturated rings. The third-order valence-electron chi connectivity index (χ3n) is 2.79. The fourth-order valence-electron chi connectivity index (χ4n) is 1.86. The molecule has 4 nitrogen and oxygen atoms in total. The van der Waals surface area contributed by atoms with E-state index in [0.717, 1.165) is 10.5 Å². The number of thioether (sulfide) groups is 1. The first kappa shape index (κ1) is 19.6. The highest BCUT2D eigenvalue weighted by Gasteiger charge is 2.32. The lowest BCUT2D eigenvalue weighted by atomic mass is 10.2. The fourth-order valence-corrected chi connectivity index (χ4v) is 2.88. The lowest BCUT2D eigenvalue weighted by molar-refractivity contribution is -0.156. The molecule has 1 N–H and O–H groups in total. The number of halogens is 3. The monoisotopic (exact) mass is 352 g/mol. The molecule has 0 saturated heterocycles. The quantitative estimate of drug-likeness (QED) is 0.683. The molecular formula is C15H19F3O4S. The molecule has 0 unspecified atom stereocenters. The highest BCUT2D eigenvalue weighted by Crippen LogP contribution is 2.29. The van der Waals surface area contributed by atoms with Gasteiger partial charge in [0.2, 0.25) is 0 Å². The second-order valence-corrected chi connectivity index (χ2v) is 5.91. The number of aliphatic carboxylic acids is 1. The van der Waals surface area contributed by atoms with Gasteiger partial charge in [0.1, 0.15) is 5.75 Å². The van der Waals surface area contributed by atoms with E-state index in [4.69, 9.17) is 14.6 Å². The lowest BCUT2D eigenvalue weighted by Crippen LogP contribution is -2.24. The van der Waals surface area contributed by atoms with Crippen molar-refractivity contribution in [2.75, 3.05) is 19.0 Å². The first-order valence-corrected chi connectivity index (χ1v) is 7.96. The van der Waals surface area contributed by atoms with E-state index in [9.17, 15) is 18.0 Å². The molecule has 0 radical (unpaired) electrons. The summed E-state index contributed by atoms with van der Waals surface area (Å²) in [5.74, 6) is -0.453. The number of hydrogen-bond acceptors (Lipinski definition) is 4. The van der Waals surface area contributed by atoms with Crippen LogP contribution in [0.4, 0.5) is 13.2 Å². The third-order valence-corrected chi connectivity index (χ3v) is 3.92. The van der Waals surface area contributed by atoms with Crippen molar-refractivity contribution >= 4 is 17.7 Å². The number of carbonyl (C=O) groups is 1. The second kappa shape index (κ2) is 9.02. The smallest absolute Gasteiger partial charge is 0.391 e. The molecule has 0 bridgehead atoms. The number of alkyl halides is 3. The van der Waals surface area contributed by atoms with Gasteiger partial charge in [-0.15, -0.1) is 11.8 Å². The largest absolute Gasteiger partial charge is 0.482 e. The molecule has 0 spiro atoms. The van der Waals surface area contributed by atoms with E-state index in [2.05, 4.69) is 0 Å². The summed E-state index contributed by atoms with van der Waals surface area (Å²) in [6.45, 7) is 3.19. The standard InChI is InChI=1S/C15H19F3O4S/c1-3-21-11(7-15(16,17)18)9-23-12-4-5-13(10(2)6-12)22-8-14(19)20/h4-6,11H,3,7-9H2,1-2H3,(H,19,20)/t11-/m1/s1. The molecule has 1 atom stereocenters. The first-order chi connectivity index (χ1) is 10.7. The number of ether oxygens (including phenoxy) is 2. The molecule has 0 aliphatic rings. The summed E-state index contributed by atoms with van der Waals surface area (Å²) >= 11 is 1.26. The van der Waals surface area contributed by atoms with E-state index in [1.807, 2.05) is 0 Å². The topological polar surface area (TPSA) is 55.8 Å². The summed E-state index contributed by atoms with van der Waals surface area (Å²) in [6.07, 6.45) is -6.13. The van der Waals surface area contributed by atoms with Gasteiger partial charge in [-0.3, -0.25) is 0 Å². The van der Waals surface area contributed by atoms with Crippen LogP contribution in [-0.2, 0) is 9.53 Å². The zero-order valence-corrected chi connectivity index (χ0v) is 13.7. The summed E-state index contributed by atoms with van der Waals surface area (Å²) in [7, 11) is 0. The van der Waals surface area contributed by atoms with Crippen LogP contribution in [-0.4, -0.2) is 42.3 Å². The van der Waals surface area contributed by atoms with Crippen molar-refractivity contribution in [3.63, 3.8) is 0 Å². The summed E-state index contributed by atoms with van der Waals surface area (Å²) in [5.41, 5.74) is 0.722. The molecule has 1 aromatic carbocycles. The van der Waals surface area contributed by atoms with Crippen molar-refractivity contribution in [3.8, 4) is 5.75 Å². The van der Waals surface area contributed by atoms with Gasteiger partial charge >= 0.3 is 12.1 Å². The normalized spacial score (nSPS) is 12.9. The molecule has 0 aromatic heterocycles. The van der Waals surface area contributed by atoms with Gasteiger partial charge in [-0.2, -0.15) is 13.2 Å². The molecule has 1 rings (SSSR count). The van der Waals surface area contributed by atoms with E-state index in [-0.39, 0.29) is 12.4 Å². The Balaban J connectivity index is 2.62. The van der Waals surface area contributed by atoms with Crippen molar-refractivity contribution in [2.24, 2.45) is 0 Å². The van der Waals surface area contributed by atoms with Crippen LogP contribution < -0.4 is 4.74 Å². The zero-order chi connectivity index (χ0) is 17.5. The average Bonchev–Trinajstić information content (AvgIpc) is 2.42. The minimum atomic E-state index is -4.26. The van der Waals surface area contributed by atoms with Crippen LogP contribution in [0.25, 0.3) is 0 Å².